The SMILES string of the molecule is CC(C)(C)C1CCCC(C(C)(C)C)C1P. The zero-order chi connectivity index (χ0) is 11.9. The fourth-order valence-corrected chi connectivity index (χ4v) is 4.78. The molecule has 1 fully saturated rings. The van der Waals surface area contributed by atoms with Crippen molar-refractivity contribution >= 4 is 9.24 Å². The van der Waals surface area contributed by atoms with Gasteiger partial charge in [0.15, 0.2) is 0 Å². The van der Waals surface area contributed by atoms with E-state index in [4.69, 9.17) is 0 Å². The number of rotatable bonds is 0. The Kier molecular flexibility index (Phi) is 3.92. The van der Waals surface area contributed by atoms with E-state index >= 15 is 0 Å². The van der Waals surface area contributed by atoms with Gasteiger partial charge in [-0.3, -0.25) is 0 Å². The van der Waals surface area contributed by atoms with Gasteiger partial charge in [-0.2, -0.15) is 0 Å². The molecule has 1 rings (SSSR count). The van der Waals surface area contributed by atoms with E-state index in [-0.39, 0.29) is 0 Å². The molecule has 3 atom stereocenters. The van der Waals surface area contributed by atoms with E-state index in [2.05, 4.69) is 50.8 Å². The Morgan fingerprint density at radius 3 is 1.40 bits per heavy atom. The molecule has 1 saturated carbocycles. The van der Waals surface area contributed by atoms with Crippen molar-refractivity contribution in [3.05, 3.63) is 0 Å². The van der Waals surface area contributed by atoms with Crippen LogP contribution in [0.4, 0.5) is 0 Å². The van der Waals surface area contributed by atoms with Gasteiger partial charge in [0.1, 0.15) is 0 Å². The van der Waals surface area contributed by atoms with Crippen molar-refractivity contribution in [2.24, 2.45) is 22.7 Å². The molecule has 0 saturated heterocycles. The quantitative estimate of drug-likeness (QED) is 0.525. The lowest BCUT2D eigenvalue weighted by atomic mass is 9.63. The van der Waals surface area contributed by atoms with Crippen LogP contribution >= 0.6 is 9.24 Å². The molecule has 0 bridgehead atoms. The normalized spacial score (nSPS) is 34.2. The second-order valence-electron chi connectivity index (χ2n) is 7.45. The van der Waals surface area contributed by atoms with Crippen LogP contribution in [0.15, 0.2) is 0 Å². The highest BCUT2D eigenvalue weighted by molar-refractivity contribution is 7.17. The zero-order valence-electron chi connectivity index (χ0n) is 11.4. The maximum absolute atomic E-state index is 3.16. The van der Waals surface area contributed by atoms with Crippen molar-refractivity contribution in [2.45, 2.75) is 66.5 Å². The summed E-state index contributed by atoms with van der Waals surface area (Å²) in [6.45, 7) is 14.4. The molecule has 0 spiro atoms. The Balaban J connectivity index is 2.81. The summed E-state index contributed by atoms with van der Waals surface area (Å²) in [7, 11) is 3.16. The Hall–Kier alpha value is 0.430. The summed E-state index contributed by atoms with van der Waals surface area (Å²) in [5.41, 5.74) is 1.74. The average Bonchev–Trinajstić information content (AvgIpc) is 1.99. The first-order valence-electron chi connectivity index (χ1n) is 6.39. The molecule has 15 heavy (non-hydrogen) atoms. The lowest BCUT2D eigenvalue weighted by molar-refractivity contribution is 0.0918. The molecule has 0 radical (unpaired) electrons. The molecule has 1 aliphatic rings. The summed E-state index contributed by atoms with van der Waals surface area (Å²) >= 11 is 0. The van der Waals surface area contributed by atoms with Gasteiger partial charge in [0.2, 0.25) is 0 Å². The molecular weight excluding hydrogens is 199 g/mol. The van der Waals surface area contributed by atoms with Crippen molar-refractivity contribution in [3.63, 3.8) is 0 Å². The van der Waals surface area contributed by atoms with Crippen molar-refractivity contribution in [3.8, 4) is 0 Å². The molecule has 1 aliphatic carbocycles. The fraction of sp³-hybridized carbons (Fsp3) is 1.00. The van der Waals surface area contributed by atoms with Crippen LogP contribution in [0.2, 0.25) is 0 Å². The second-order valence-corrected chi connectivity index (χ2v) is 8.22. The minimum atomic E-state index is 0.469. The van der Waals surface area contributed by atoms with Gasteiger partial charge in [0, 0.05) is 0 Å². The molecule has 0 heterocycles. The summed E-state index contributed by atoms with van der Waals surface area (Å²) in [4.78, 5) is 0. The third-order valence-electron chi connectivity index (χ3n) is 4.18. The Morgan fingerprint density at radius 1 is 0.800 bits per heavy atom. The van der Waals surface area contributed by atoms with Crippen LogP contribution in [-0.2, 0) is 0 Å². The van der Waals surface area contributed by atoms with E-state index in [1.165, 1.54) is 19.3 Å². The summed E-state index contributed by atoms with van der Waals surface area (Å²) in [5.74, 6) is 1.75. The van der Waals surface area contributed by atoms with E-state index in [1.54, 1.807) is 0 Å². The molecule has 0 aromatic carbocycles. The van der Waals surface area contributed by atoms with Crippen LogP contribution in [0.25, 0.3) is 0 Å². The molecule has 0 nitrogen and oxygen atoms in total. The van der Waals surface area contributed by atoms with Gasteiger partial charge in [0.05, 0.1) is 0 Å². The van der Waals surface area contributed by atoms with Crippen molar-refractivity contribution in [2.75, 3.05) is 0 Å². The Labute approximate surface area is 98.8 Å². The summed E-state index contributed by atoms with van der Waals surface area (Å²) in [5, 5.41) is 0. The van der Waals surface area contributed by atoms with Gasteiger partial charge in [-0.1, -0.05) is 48.0 Å². The summed E-state index contributed by atoms with van der Waals surface area (Å²) in [6.07, 6.45) is 4.27. The largest absolute Gasteiger partial charge is 0.134 e. The maximum Gasteiger partial charge on any atom is -0.0198 e. The van der Waals surface area contributed by atoms with Crippen LogP contribution < -0.4 is 0 Å². The van der Waals surface area contributed by atoms with Gasteiger partial charge in [-0.05, 0) is 41.2 Å². The van der Waals surface area contributed by atoms with E-state index in [9.17, 15) is 0 Å². The summed E-state index contributed by atoms with van der Waals surface area (Å²) in [6, 6.07) is 0. The Bertz CT molecular complexity index is 184. The van der Waals surface area contributed by atoms with Gasteiger partial charge < -0.3 is 0 Å². The maximum atomic E-state index is 3.16. The molecule has 90 valence electrons. The third-order valence-corrected chi connectivity index (χ3v) is 5.11. The molecule has 0 N–H and O–H groups in total. The predicted molar refractivity (Wildman–Crippen MR) is 73.2 cm³/mol. The molecule has 0 amide bonds. The van der Waals surface area contributed by atoms with Crippen molar-refractivity contribution in [1.82, 2.24) is 0 Å². The highest BCUT2D eigenvalue weighted by Crippen LogP contribution is 2.49. The Morgan fingerprint density at radius 2 is 1.13 bits per heavy atom. The van der Waals surface area contributed by atoms with Gasteiger partial charge in [-0.15, -0.1) is 9.24 Å². The number of hydrogen-bond donors (Lipinski definition) is 0. The van der Waals surface area contributed by atoms with E-state index in [1.807, 2.05) is 0 Å². The molecule has 0 aliphatic heterocycles. The third kappa shape index (κ3) is 3.19. The van der Waals surface area contributed by atoms with Gasteiger partial charge in [0.25, 0.3) is 0 Å². The molecule has 1 heteroatoms. The first-order chi connectivity index (χ1) is 6.64. The van der Waals surface area contributed by atoms with Crippen molar-refractivity contribution < 1.29 is 0 Å². The van der Waals surface area contributed by atoms with Crippen LogP contribution in [0.1, 0.15) is 60.8 Å². The minimum absolute atomic E-state index is 0.469. The molecular formula is C14H29P. The highest BCUT2D eigenvalue weighted by atomic mass is 31.0. The van der Waals surface area contributed by atoms with Crippen LogP contribution in [0.5, 0.6) is 0 Å². The number of hydrogen-bond acceptors (Lipinski definition) is 0. The monoisotopic (exact) mass is 228 g/mol. The summed E-state index contributed by atoms with van der Waals surface area (Å²) < 4.78 is 0. The predicted octanol–water partition coefficient (Wildman–Crippen LogP) is 4.74. The lowest BCUT2D eigenvalue weighted by Gasteiger charge is -2.47. The topological polar surface area (TPSA) is 0 Å². The van der Waals surface area contributed by atoms with E-state index < -0.39 is 0 Å². The van der Waals surface area contributed by atoms with E-state index in [0.717, 1.165) is 17.5 Å². The van der Waals surface area contributed by atoms with Crippen LogP contribution in [0.3, 0.4) is 0 Å². The molecule has 3 unspecified atom stereocenters. The lowest BCUT2D eigenvalue weighted by Crippen LogP contribution is -2.41. The average molecular weight is 228 g/mol. The van der Waals surface area contributed by atoms with E-state index in [0.29, 0.717) is 10.8 Å². The minimum Gasteiger partial charge on any atom is -0.134 e. The molecule has 0 aromatic heterocycles. The van der Waals surface area contributed by atoms with Crippen LogP contribution in [0, 0.1) is 22.7 Å². The van der Waals surface area contributed by atoms with Gasteiger partial charge >= 0.3 is 0 Å². The standard InChI is InChI=1S/C14H29P/c1-13(2,3)10-8-7-9-11(12(10)15)14(4,5)6/h10-12H,7-9,15H2,1-6H3. The van der Waals surface area contributed by atoms with Gasteiger partial charge in [-0.25, -0.2) is 0 Å². The fourth-order valence-electron chi connectivity index (χ4n) is 3.24. The highest BCUT2D eigenvalue weighted by Gasteiger charge is 2.41. The smallest absolute Gasteiger partial charge is 0.0198 e. The molecule has 0 aromatic rings. The second kappa shape index (κ2) is 4.36. The zero-order valence-corrected chi connectivity index (χ0v) is 12.6. The first-order valence-corrected chi connectivity index (χ1v) is 7.06. The first kappa shape index (κ1) is 13.5. The van der Waals surface area contributed by atoms with Crippen molar-refractivity contribution in [1.29, 1.82) is 0 Å². The van der Waals surface area contributed by atoms with Crippen LogP contribution in [-0.4, -0.2) is 5.66 Å².